The smallest absolute Gasteiger partial charge is 0.161 e. The van der Waals surface area contributed by atoms with E-state index >= 15 is 0 Å². The van der Waals surface area contributed by atoms with Gasteiger partial charge < -0.3 is 9.84 Å². The number of carbonyl (C=O) groups is 1. The molecule has 0 spiro atoms. The number of nitrogens with zero attached hydrogens (tertiary/aromatic N) is 1. The van der Waals surface area contributed by atoms with Gasteiger partial charge in [-0.05, 0) is 62.1 Å². The molecule has 1 aliphatic heterocycles. The number of anilines is 1. The summed E-state index contributed by atoms with van der Waals surface area (Å²) in [5, 5.41) is 21.7. The van der Waals surface area contributed by atoms with Gasteiger partial charge in [0.05, 0.1) is 7.11 Å². The normalized spacial score (nSPS) is 19.1. The number of allylic oxidation sites excluding steroid dienone is 2. The van der Waals surface area contributed by atoms with Crippen LogP contribution in [0.25, 0.3) is 5.76 Å². The van der Waals surface area contributed by atoms with Crippen LogP contribution in [0.5, 0.6) is 5.75 Å². The van der Waals surface area contributed by atoms with Gasteiger partial charge in [0.25, 0.3) is 0 Å². The van der Waals surface area contributed by atoms with Gasteiger partial charge in [-0.25, -0.2) is 0 Å². The molecule has 0 aromatic heterocycles. The molecular weight excluding hydrogens is 484 g/mol. The van der Waals surface area contributed by atoms with Crippen LogP contribution in [0.15, 0.2) is 83.6 Å². The van der Waals surface area contributed by atoms with Gasteiger partial charge in [0, 0.05) is 45.5 Å². The number of methoxy groups -OCH3 is 1. The number of halogens is 1. The summed E-state index contributed by atoms with van der Waals surface area (Å²) < 4.78 is 5.35. The average Bonchev–Trinajstić information content (AvgIpc) is 2.90. The molecule has 188 valence electrons. The number of hydrogen-bond donors (Lipinski definition) is 2. The van der Waals surface area contributed by atoms with Gasteiger partial charge in [-0.15, -0.1) is 0 Å². The number of benzene rings is 3. The van der Waals surface area contributed by atoms with Gasteiger partial charge in [-0.2, -0.15) is 0 Å². The first-order valence-corrected chi connectivity index (χ1v) is 12.7. The van der Waals surface area contributed by atoms with Crippen molar-refractivity contribution in [3.63, 3.8) is 0 Å². The van der Waals surface area contributed by atoms with Crippen LogP contribution >= 0.6 is 11.6 Å². The van der Waals surface area contributed by atoms with E-state index < -0.39 is 5.92 Å². The van der Waals surface area contributed by atoms with Crippen molar-refractivity contribution in [1.29, 1.82) is 5.41 Å². The zero-order chi connectivity index (χ0) is 26.3. The summed E-state index contributed by atoms with van der Waals surface area (Å²) in [6, 6.07) is 20.7. The number of aryl methyl sites for hydroxylation is 2. The molecule has 1 atom stereocenters. The Hall–Kier alpha value is -3.83. The molecule has 2 N–H and O–H groups in total. The number of ketones is 1. The third-order valence-corrected chi connectivity index (χ3v) is 7.60. The first-order chi connectivity index (χ1) is 17.8. The van der Waals surface area contributed by atoms with Crippen LogP contribution in [-0.2, 0) is 4.79 Å². The zero-order valence-electron chi connectivity index (χ0n) is 21.1. The summed E-state index contributed by atoms with van der Waals surface area (Å²) in [6.07, 6.45) is 1.79. The number of nitrogens with one attached hydrogen (secondary N) is 1. The second kappa shape index (κ2) is 9.91. The first-order valence-electron chi connectivity index (χ1n) is 12.4. The van der Waals surface area contributed by atoms with Crippen molar-refractivity contribution in [3.8, 4) is 5.75 Å². The average molecular weight is 513 g/mol. The molecule has 37 heavy (non-hydrogen) atoms. The molecular formula is C31H29ClN2O3. The van der Waals surface area contributed by atoms with Gasteiger partial charge in [0.2, 0.25) is 0 Å². The highest BCUT2D eigenvalue weighted by Gasteiger charge is 2.43. The van der Waals surface area contributed by atoms with Crippen molar-refractivity contribution >= 4 is 34.7 Å². The third-order valence-electron chi connectivity index (χ3n) is 7.20. The highest BCUT2D eigenvalue weighted by Crippen LogP contribution is 2.48. The molecule has 3 aromatic rings. The summed E-state index contributed by atoms with van der Waals surface area (Å²) in [4.78, 5) is 15.4. The molecule has 5 rings (SSSR count). The standard InChI is InChI=1S/C31H29ClN2O3/c1-18-7-10-21(11-8-18)30(36)29-27(20-12-15-23(37-3)16-13-20)28-25(5-4-6-26(28)35)34(31(29)33)22-14-9-19(2)24(32)17-22/h7-17,27,33,36H,4-6H2,1-3H3. The second-order valence-electron chi connectivity index (χ2n) is 9.59. The van der Waals surface area contributed by atoms with E-state index in [1.165, 1.54) is 0 Å². The fourth-order valence-corrected chi connectivity index (χ4v) is 5.37. The molecule has 0 fully saturated rings. The predicted octanol–water partition coefficient (Wildman–Crippen LogP) is 7.52. The largest absolute Gasteiger partial charge is 0.507 e. The van der Waals surface area contributed by atoms with Crippen LogP contribution < -0.4 is 9.64 Å². The van der Waals surface area contributed by atoms with Crippen molar-refractivity contribution in [2.24, 2.45) is 0 Å². The maximum absolute atomic E-state index is 13.6. The Bertz CT molecular complexity index is 1450. The quantitative estimate of drug-likeness (QED) is 0.354. The van der Waals surface area contributed by atoms with Crippen LogP contribution in [0.2, 0.25) is 5.02 Å². The number of amidine groups is 1. The van der Waals surface area contributed by atoms with Gasteiger partial charge in [-0.1, -0.05) is 59.6 Å². The lowest BCUT2D eigenvalue weighted by Crippen LogP contribution is -2.42. The van der Waals surface area contributed by atoms with Gasteiger partial charge >= 0.3 is 0 Å². The van der Waals surface area contributed by atoms with E-state index in [2.05, 4.69) is 0 Å². The van der Waals surface area contributed by atoms with Crippen molar-refractivity contribution in [1.82, 2.24) is 0 Å². The molecule has 0 saturated heterocycles. The van der Waals surface area contributed by atoms with E-state index in [1.807, 2.05) is 80.6 Å². The minimum absolute atomic E-state index is 0.0149. The highest BCUT2D eigenvalue weighted by atomic mass is 35.5. The van der Waals surface area contributed by atoms with Crippen molar-refractivity contribution in [3.05, 3.63) is 111 Å². The second-order valence-corrected chi connectivity index (χ2v) is 10.00. The lowest BCUT2D eigenvalue weighted by molar-refractivity contribution is -0.116. The lowest BCUT2D eigenvalue weighted by Gasteiger charge is -2.42. The monoisotopic (exact) mass is 512 g/mol. The minimum atomic E-state index is -0.584. The zero-order valence-corrected chi connectivity index (χ0v) is 21.9. The van der Waals surface area contributed by atoms with Gasteiger partial charge in [0.1, 0.15) is 17.3 Å². The molecule has 2 aliphatic rings. The fourth-order valence-electron chi connectivity index (χ4n) is 5.19. The van der Waals surface area contributed by atoms with Crippen molar-refractivity contribution in [2.45, 2.75) is 39.0 Å². The van der Waals surface area contributed by atoms with Crippen molar-refractivity contribution in [2.75, 3.05) is 12.0 Å². The van der Waals surface area contributed by atoms with E-state index in [-0.39, 0.29) is 17.4 Å². The summed E-state index contributed by atoms with van der Waals surface area (Å²) in [5.41, 5.74) is 5.92. The summed E-state index contributed by atoms with van der Waals surface area (Å²) >= 11 is 6.49. The number of aliphatic hydroxyl groups excluding tert-OH is 1. The van der Waals surface area contributed by atoms with E-state index in [4.69, 9.17) is 16.3 Å². The topological polar surface area (TPSA) is 73.6 Å². The Kier molecular flexibility index (Phi) is 6.65. The Morgan fingerprint density at radius 1 is 1.03 bits per heavy atom. The minimum Gasteiger partial charge on any atom is -0.507 e. The van der Waals surface area contributed by atoms with E-state index in [1.54, 1.807) is 12.0 Å². The Morgan fingerprint density at radius 2 is 1.73 bits per heavy atom. The molecule has 0 amide bonds. The van der Waals surface area contributed by atoms with Crippen LogP contribution in [0.1, 0.15) is 47.4 Å². The summed E-state index contributed by atoms with van der Waals surface area (Å²) in [5.74, 6) is 0.265. The molecule has 1 unspecified atom stereocenters. The van der Waals surface area contributed by atoms with Gasteiger partial charge in [0.15, 0.2) is 5.78 Å². The SMILES string of the molecule is COc1ccc(C2C(=C(O)c3ccc(C)cc3)C(=N)N(c3ccc(C)c(Cl)c3)C3=C2C(=O)CCC3)cc1. The molecule has 1 aliphatic carbocycles. The van der Waals surface area contributed by atoms with Crippen LogP contribution in [0.4, 0.5) is 5.69 Å². The number of hydrogen-bond acceptors (Lipinski definition) is 4. The van der Waals surface area contributed by atoms with Crippen LogP contribution in [0.3, 0.4) is 0 Å². The molecule has 0 saturated carbocycles. The molecule has 5 nitrogen and oxygen atoms in total. The number of rotatable bonds is 4. The van der Waals surface area contributed by atoms with E-state index in [9.17, 15) is 15.3 Å². The molecule has 0 radical (unpaired) electrons. The number of carbonyl (C=O) groups excluding carboxylic acids is 1. The molecule has 3 aromatic carbocycles. The maximum Gasteiger partial charge on any atom is 0.161 e. The Morgan fingerprint density at radius 3 is 2.38 bits per heavy atom. The predicted molar refractivity (Wildman–Crippen MR) is 149 cm³/mol. The maximum atomic E-state index is 13.6. The number of aliphatic hydroxyl groups is 1. The third kappa shape index (κ3) is 4.44. The fraction of sp³-hybridized carbons (Fsp3) is 0.226. The molecule has 1 heterocycles. The van der Waals surface area contributed by atoms with Crippen LogP contribution in [0, 0.1) is 19.3 Å². The highest BCUT2D eigenvalue weighted by molar-refractivity contribution is 6.32. The lowest BCUT2D eigenvalue weighted by atomic mass is 9.73. The first kappa shape index (κ1) is 24.8. The van der Waals surface area contributed by atoms with Crippen molar-refractivity contribution < 1.29 is 14.6 Å². The number of ether oxygens (including phenoxy) is 1. The Balaban J connectivity index is 1.81. The van der Waals surface area contributed by atoms with Gasteiger partial charge in [-0.3, -0.25) is 15.1 Å². The van der Waals surface area contributed by atoms with Crippen LogP contribution in [-0.4, -0.2) is 23.8 Å². The molecule has 6 heteroatoms. The van der Waals surface area contributed by atoms with E-state index in [0.29, 0.717) is 52.4 Å². The van der Waals surface area contributed by atoms with E-state index in [0.717, 1.165) is 22.4 Å². The molecule has 0 bridgehead atoms. The summed E-state index contributed by atoms with van der Waals surface area (Å²) in [7, 11) is 1.61. The summed E-state index contributed by atoms with van der Waals surface area (Å²) in [6.45, 7) is 3.91. The Labute approximate surface area is 222 Å². The number of Topliss-reactive ketones (excluding diaryl/α,β-unsaturated/α-hetero) is 1.